The van der Waals surface area contributed by atoms with Crippen molar-refractivity contribution < 1.29 is 14.7 Å². The van der Waals surface area contributed by atoms with Crippen molar-refractivity contribution in [2.24, 2.45) is 5.73 Å². The Hall–Kier alpha value is -2.32. The lowest BCUT2D eigenvalue weighted by atomic mass is 10.0. The summed E-state index contributed by atoms with van der Waals surface area (Å²) in [7, 11) is 0. The third-order valence-corrected chi connectivity index (χ3v) is 2.65. The average Bonchev–Trinajstić information content (AvgIpc) is 2.40. The van der Waals surface area contributed by atoms with Gasteiger partial charge in [-0.3, -0.25) is 9.59 Å². The molecule has 0 radical (unpaired) electrons. The summed E-state index contributed by atoms with van der Waals surface area (Å²) in [6, 6.07) is 4.54. The summed E-state index contributed by atoms with van der Waals surface area (Å²) >= 11 is 0. The predicted molar refractivity (Wildman–Crippen MR) is 75.9 cm³/mol. The van der Waals surface area contributed by atoms with Crippen LogP contribution in [0.5, 0.6) is 0 Å². The van der Waals surface area contributed by atoms with Gasteiger partial charge in [-0.15, -0.1) is 0 Å². The Balaban J connectivity index is 3.03. The summed E-state index contributed by atoms with van der Waals surface area (Å²) in [5, 5.41) is 11.2. The molecule has 0 aliphatic heterocycles. The normalized spacial score (nSPS) is 11.2. The minimum absolute atomic E-state index is 0.0287. The minimum atomic E-state index is -0.749. The minimum Gasteiger partial charge on any atom is -0.395 e. The number of hydrogen-bond donors (Lipinski definition) is 3. The molecule has 0 aliphatic carbocycles. The van der Waals surface area contributed by atoms with Gasteiger partial charge in [0.15, 0.2) is 0 Å². The van der Waals surface area contributed by atoms with Crippen molar-refractivity contribution in [2.45, 2.75) is 26.3 Å². The van der Waals surface area contributed by atoms with Gasteiger partial charge in [-0.25, -0.2) is 0 Å². The summed E-state index contributed by atoms with van der Waals surface area (Å²) < 4.78 is 0. The van der Waals surface area contributed by atoms with E-state index in [0.717, 1.165) is 5.56 Å². The number of carbonyl (C=O) groups excluding carboxylic acids is 2. The van der Waals surface area contributed by atoms with Crippen molar-refractivity contribution in [3.05, 3.63) is 34.9 Å². The van der Waals surface area contributed by atoms with E-state index in [-0.39, 0.29) is 6.61 Å². The number of rotatable bonds is 4. The van der Waals surface area contributed by atoms with Gasteiger partial charge in [0.1, 0.15) is 6.04 Å². The van der Waals surface area contributed by atoms with E-state index < -0.39 is 17.9 Å². The molecular weight excluding hydrogens is 256 g/mol. The zero-order chi connectivity index (χ0) is 15.1. The Morgan fingerprint density at radius 1 is 1.45 bits per heavy atom. The molecule has 5 heteroatoms. The lowest BCUT2D eigenvalue weighted by Gasteiger charge is -2.11. The van der Waals surface area contributed by atoms with Crippen molar-refractivity contribution in [3.63, 3.8) is 0 Å². The number of primary amides is 1. The Morgan fingerprint density at radius 3 is 2.75 bits per heavy atom. The van der Waals surface area contributed by atoms with Crippen LogP contribution < -0.4 is 11.1 Å². The van der Waals surface area contributed by atoms with Gasteiger partial charge in [0.25, 0.3) is 5.91 Å². The number of nitrogens with two attached hydrogens (primary N) is 1. The predicted octanol–water partition coefficient (Wildman–Crippen LogP) is 0.333. The molecule has 0 bridgehead atoms. The van der Waals surface area contributed by atoms with Crippen LogP contribution in [0.25, 0.3) is 0 Å². The Labute approximate surface area is 118 Å². The van der Waals surface area contributed by atoms with Crippen molar-refractivity contribution in [1.82, 2.24) is 5.32 Å². The molecule has 0 aromatic heterocycles. The van der Waals surface area contributed by atoms with Gasteiger partial charge in [0, 0.05) is 12.0 Å². The van der Waals surface area contributed by atoms with Crippen molar-refractivity contribution in [1.29, 1.82) is 0 Å². The van der Waals surface area contributed by atoms with E-state index in [9.17, 15) is 9.59 Å². The molecule has 5 nitrogen and oxygen atoms in total. The number of benzene rings is 1. The topological polar surface area (TPSA) is 92.4 Å². The molecule has 0 heterocycles. The van der Waals surface area contributed by atoms with Gasteiger partial charge >= 0.3 is 0 Å². The van der Waals surface area contributed by atoms with Crippen LogP contribution in [-0.2, 0) is 4.79 Å². The molecule has 0 saturated carbocycles. The van der Waals surface area contributed by atoms with Gasteiger partial charge in [0.2, 0.25) is 5.91 Å². The largest absolute Gasteiger partial charge is 0.395 e. The third-order valence-electron chi connectivity index (χ3n) is 2.65. The van der Waals surface area contributed by atoms with E-state index >= 15 is 0 Å². The number of hydrogen-bond acceptors (Lipinski definition) is 3. The van der Waals surface area contributed by atoms with Crippen LogP contribution >= 0.6 is 0 Å². The van der Waals surface area contributed by atoms with E-state index in [2.05, 4.69) is 17.2 Å². The maximum atomic E-state index is 12.1. The van der Waals surface area contributed by atoms with E-state index in [1.165, 1.54) is 6.92 Å². The number of aliphatic hydroxyl groups excluding tert-OH is 1. The summed E-state index contributed by atoms with van der Waals surface area (Å²) in [5.41, 5.74) is 6.98. The highest BCUT2D eigenvalue weighted by molar-refractivity contribution is 5.99. The molecule has 0 spiro atoms. The molecule has 1 rings (SSSR count). The molecule has 1 aromatic carbocycles. The molecule has 106 valence electrons. The highest BCUT2D eigenvalue weighted by Crippen LogP contribution is 2.11. The first-order chi connectivity index (χ1) is 9.45. The second-order valence-corrected chi connectivity index (χ2v) is 4.42. The Bertz CT molecular complexity index is 570. The van der Waals surface area contributed by atoms with Crippen molar-refractivity contribution in [3.8, 4) is 11.8 Å². The summed E-state index contributed by atoms with van der Waals surface area (Å²) in [5.74, 6) is 4.61. The lowest BCUT2D eigenvalue weighted by molar-refractivity contribution is -0.119. The number of carbonyl (C=O) groups is 2. The van der Waals surface area contributed by atoms with Crippen LogP contribution in [0.4, 0.5) is 0 Å². The monoisotopic (exact) mass is 274 g/mol. The fourth-order valence-electron chi connectivity index (χ4n) is 1.51. The third kappa shape index (κ3) is 4.41. The molecule has 0 fully saturated rings. The molecule has 0 aliphatic rings. The van der Waals surface area contributed by atoms with Gasteiger partial charge < -0.3 is 16.2 Å². The van der Waals surface area contributed by atoms with Crippen LogP contribution in [-0.4, -0.2) is 29.6 Å². The first kappa shape index (κ1) is 15.7. The van der Waals surface area contributed by atoms with E-state index in [0.29, 0.717) is 17.5 Å². The Morgan fingerprint density at radius 2 is 2.15 bits per heavy atom. The van der Waals surface area contributed by atoms with Crippen molar-refractivity contribution in [2.75, 3.05) is 6.61 Å². The Kier molecular flexibility index (Phi) is 5.75. The quantitative estimate of drug-likeness (QED) is 0.691. The molecule has 0 saturated heterocycles. The maximum absolute atomic E-state index is 12.1. The summed E-state index contributed by atoms with van der Waals surface area (Å²) in [4.78, 5) is 23.1. The van der Waals surface area contributed by atoms with Crippen LogP contribution in [0.3, 0.4) is 0 Å². The molecule has 20 heavy (non-hydrogen) atoms. The number of nitrogens with one attached hydrogen (secondary N) is 1. The summed E-state index contributed by atoms with van der Waals surface area (Å²) in [6.45, 7) is 3.35. The number of aliphatic hydroxyl groups is 1. The smallest absolute Gasteiger partial charge is 0.253 e. The average molecular weight is 274 g/mol. The first-order valence-corrected chi connectivity index (χ1v) is 6.26. The van der Waals surface area contributed by atoms with E-state index in [4.69, 9.17) is 10.8 Å². The van der Waals surface area contributed by atoms with Gasteiger partial charge in [-0.05, 0) is 26.0 Å². The molecule has 2 amide bonds. The number of amides is 2. The van der Waals surface area contributed by atoms with Gasteiger partial charge in [-0.2, -0.15) is 0 Å². The molecule has 1 aromatic rings. The lowest BCUT2D eigenvalue weighted by Crippen LogP contribution is -2.42. The highest BCUT2D eigenvalue weighted by atomic mass is 16.2. The van der Waals surface area contributed by atoms with E-state index in [1.807, 2.05) is 13.0 Å². The van der Waals surface area contributed by atoms with Crippen LogP contribution in [0, 0.1) is 18.8 Å². The van der Waals surface area contributed by atoms with E-state index in [1.54, 1.807) is 12.1 Å². The summed E-state index contributed by atoms with van der Waals surface area (Å²) in [6.07, 6.45) is 0.340. The highest BCUT2D eigenvalue weighted by Gasteiger charge is 2.16. The fraction of sp³-hybridized carbons (Fsp3) is 0.333. The molecular formula is C15H18N2O3. The first-order valence-electron chi connectivity index (χ1n) is 6.26. The van der Waals surface area contributed by atoms with Crippen LogP contribution in [0.1, 0.15) is 34.8 Å². The molecule has 1 atom stereocenters. The number of aryl methyl sites for hydroxylation is 1. The second-order valence-electron chi connectivity index (χ2n) is 4.42. The zero-order valence-corrected chi connectivity index (χ0v) is 11.6. The second kappa shape index (κ2) is 7.31. The van der Waals surface area contributed by atoms with Gasteiger partial charge in [0.05, 0.1) is 12.2 Å². The fourth-order valence-corrected chi connectivity index (χ4v) is 1.51. The SMILES string of the molecule is Cc1ccc(C#CCCO)c(C(=O)NC(C)C(N)=O)c1. The standard InChI is InChI=1S/C15H18N2O3/c1-10-6-7-12(5-3-4-8-18)13(9-10)15(20)17-11(2)14(16)19/h6-7,9,11,18H,4,8H2,1-2H3,(H2,16,19)(H,17,20). The van der Waals surface area contributed by atoms with Crippen molar-refractivity contribution >= 4 is 11.8 Å². The maximum Gasteiger partial charge on any atom is 0.253 e. The van der Waals surface area contributed by atoms with Crippen LogP contribution in [0.2, 0.25) is 0 Å². The molecule has 1 unspecified atom stereocenters. The molecule has 4 N–H and O–H groups in total. The van der Waals surface area contributed by atoms with Gasteiger partial charge in [-0.1, -0.05) is 23.5 Å². The van der Waals surface area contributed by atoms with Crippen LogP contribution in [0.15, 0.2) is 18.2 Å². The zero-order valence-electron chi connectivity index (χ0n) is 11.6.